The van der Waals surface area contributed by atoms with E-state index in [1.807, 2.05) is 0 Å². The summed E-state index contributed by atoms with van der Waals surface area (Å²) < 4.78 is 25.4. The van der Waals surface area contributed by atoms with Crippen molar-refractivity contribution in [2.45, 2.75) is 19.1 Å². The van der Waals surface area contributed by atoms with Crippen molar-refractivity contribution in [3.05, 3.63) is 35.4 Å². The maximum absolute atomic E-state index is 13.0. The molecule has 0 heterocycles. The molecular weight excluding hydrogens is 178 g/mol. The topological polar surface area (TPSA) is 40.5 Å². The molecule has 0 amide bonds. The van der Waals surface area contributed by atoms with Crippen LogP contribution in [0.2, 0.25) is 0 Å². The van der Waals surface area contributed by atoms with Gasteiger partial charge in [-0.05, 0) is 13.0 Å². The summed E-state index contributed by atoms with van der Waals surface area (Å²) in [5.41, 5.74) is -0.101. The van der Waals surface area contributed by atoms with Gasteiger partial charge in [0, 0.05) is 11.6 Å². The zero-order valence-corrected chi connectivity index (χ0v) is 7.04. The fourth-order valence-corrected chi connectivity index (χ4v) is 1.00. The molecule has 2 nitrogen and oxygen atoms in total. The van der Waals surface area contributed by atoms with E-state index in [-0.39, 0.29) is 5.56 Å². The molecule has 4 heteroatoms. The van der Waals surface area contributed by atoms with E-state index in [2.05, 4.69) is 0 Å². The molecule has 0 aromatic heterocycles. The van der Waals surface area contributed by atoms with Crippen molar-refractivity contribution in [2.24, 2.45) is 0 Å². The summed E-state index contributed by atoms with van der Waals surface area (Å²) in [6.07, 6.45) is -2.40. The fraction of sp³-hybridized carbons (Fsp3) is 0.333. The molecule has 0 radical (unpaired) electrons. The first-order chi connectivity index (χ1) is 6.02. The number of rotatable bonds is 2. The summed E-state index contributed by atoms with van der Waals surface area (Å²) in [5.74, 6) is -1.56. The lowest BCUT2D eigenvalue weighted by Crippen LogP contribution is -2.15. The second kappa shape index (κ2) is 3.81. The van der Waals surface area contributed by atoms with Crippen molar-refractivity contribution >= 4 is 0 Å². The maximum Gasteiger partial charge on any atom is 0.132 e. The van der Waals surface area contributed by atoms with Crippen LogP contribution in [0.15, 0.2) is 18.2 Å². The molecule has 13 heavy (non-hydrogen) atoms. The van der Waals surface area contributed by atoms with Gasteiger partial charge in [-0.2, -0.15) is 0 Å². The SMILES string of the molecule is C[C@H](O)[C@@H](O)c1ccc(F)cc1F. The van der Waals surface area contributed by atoms with Crippen molar-refractivity contribution in [3.63, 3.8) is 0 Å². The lowest BCUT2D eigenvalue weighted by Gasteiger charge is -2.14. The quantitative estimate of drug-likeness (QED) is 0.736. The molecule has 1 aromatic carbocycles. The molecule has 1 rings (SSSR count). The summed E-state index contributed by atoms with van der Waals surface area (Å²) in [5, 5.41) is 18.2. The molecule has 0 saturated carbocycles. The van der Waals surface area contributed by atoms with Gasteiger partial charge in [0.2, 0.25) is 0 Å². The van der Waals surface area contributed by atoms with Gasteiger partial charge >= 0.3 is 0 Å². The van der Waals surface area contributed by atoms with Gasteiger partial charge in [-0.1, -0.05) is 6.07 Å². The Morgan fingerprint density at radius 3 is 2.31 bits per heavy atom. The van der Waals surface area contributed by atoms with E-state index in [0.29, 0.717) is 6.07 Å². The summed E-state index contributed by atoms with van der Waals surface area (Å²) in [6, 6.07) is 2.81. The highest BCUT2D eigenvalue weighted by atomic mass is 19.1. The van der Waals surface area contributed by atoms with E-state index in [4.69, 9.17) is 5.11 Å². The summed E-state index contributed by atoms with van der Waals surface area (Å²) in [7, 11) is 0. The third kappa shape index (κ3) is 2.23. The molecule has 0 fully saturated rings. The Labute approximate surface area is 74.4 Å². The molecule has 1 aromatic rings. The number of hydrogen-bond acceptors (Lipinski definition) is 2. The van der Waals surface area contributed by atoms with Gasteiger partial charge in [0.25, 0.3) is 0 Å². The molecule has 72 valence electrons. The van der Waals surface area contributed by atoms with E-state index in [1.165, 1.54) is 6.92 Å². The smallest absolute Gasteiger partial charge is 0.132 e. The second-order valence-corrected chi connectivity index (χ2v) is 2.85. The molecule has 0 aliphatic carbocycles. The molecule has 2 N–H and O–H groups in total. The lowest BCUT2D eigenvalue weighted by molar-refractivity contribution is 0.0282. The van der Waals surface area contributed by atoms with Gasteiger partial charge in [0.15, 0.2) is 0 Å². The normalized spacial score (nSPS) is 15.5. The maximum atomic E-state index is 13.0. The van der Waals surface area contributed by atoms with Gasteiger partial charge in [0.1, 0.15) is 17.7 Å². The fourth-order valence-electron chi connectivity index (χ4n) is 1.00. The molecule has 0 unspecified atom stereocenters. The Hall–Kier alpha value is -1.00. The van der Waals surface area contributed by atoms with E-state index >= 15 is 0 Å². The predicted molar refractivity (Wildman–Crippen MR) is 43.0 cm³/mol. The Kier molecular flexibility index (Phi) is 2.95. The van der Waals surface area contributed by atoms with Crippen LogP contribution in [0.3, 0.4) is 0 Å². The molecule has 0 saturated heterocycles. The first kappa shape index (κ1) is 10.1. The number of aliphatic hydroxyl groups is 2. The van der Waals surface area contributed by atoms with Crippen LogP contribution in [0.1, 0.15) is 18.6 Å². The number of aliphatic hydroxyl groups excluding tert-OH is 2. The first-order valence-electron chi connectivity index (χ1n) is 3.83. The lowest BCUT2D eigenvalue weighted by atomic mass is 10.1. The third-order valence-electron chi connectivity index (χ3n) is 1.74. The highest BCUT2D eigenvalue weighted by Crippen LogP contribution is 2.20. The third-order valence-corrected chi connectivity index (χ3v) is 1.74. The Morgan fingerprint density at radius 2 is 1.85 bits per heavy atom. The summed E-state index contributed by atoms with van der Waals surface area (Å²) >= 11 is 0. The minimum absolute atomic E-state index is 0.101. The van der Waals surface area contributed by atoms with Gasteiger partial charge in [-0.15, -0.1) is 0 Å². The van der Waals surface area contributed by atoms with Crippen LogP contribution in [0.5, 0.6) is 0 Å². The largest absolute Gasteiger partial charge is 0.390 e. The number of hydrogen-bond donors (Lipinski definition) is 2. The van der Waals surface area contributed by atoms with Gasteiger partial charge in [-0.25, -0.2) is 8.78 Å². The van der Waals surface area contributed by atoms with Crippen LogP contribution < -0.4 is 0 Å². The van der Waals surface area contributed by atoms with E-state index < -0.39 is 23.8 Å². The zero-order valence-electron chi connectivity index (χ0n) is 7.04. The molecule has 0 aliphatic rings. The minimum Gasteiger partial charge on any atom is -0.390 e. The highest BCUT2D eigenvalue weighted by Gasteiger charge is 2.17. The second-order valence-electron chi connectivity index (χ2n) is 2.85. The van der Waals surface area contributed by atoms with Crippen LogP contribution in [-0.2, 0) is 0 Å². The van der Waals surface area contributed by atoms with Crippen LogP contribution >= 0.6 is 0 Å². The van der Waals surface area contributed by atoms with Gasteiger partial charge in [0.05, 0.1) is 6.10 Å². The zero-order chi connectivity index (χ0) is 10.0. The van der Waals surface area contributed by atoms with Gasteiger partial charge in [-0.3, -0.25) is 0 Å². The first-order valence-corrected chi connectivity index (χ1v) is 3.83. The van der Waals surface area contributed by atoms with Gasteiger partial charge < -0.3 is 10.2 Å². The van der Waals surface area contributed by atoms with Crippen molar-refractivity contribution in [1.29, 1.82) is 0 Å². The van der Waals surface area contributed by atoms with E-state index in [9.17, 15) is 13.9 Å². The van der Waals surface area contributed by atoms with E-state index in [1.54, 1.807) is 0 Å². The summed E-state index contributed by atoms with van der Waals surface area (Å²) in [6.45, 7) is 1.33. The molecule has 2 atom stereocenters. The monoisotopic (exact) mass is 188 g/mol. The van der Waals surface area contributed by atoms with Crippen molar-refractivity contribution in [1.82, 2.24) is 0 Å². The van der Waals surface area contributed by atoms with Crippen LogP contribution in [0.25, 0.3) is 0 Å². The van der Waals surface area contributed by atoms with Crippen molar-refractivity contribution in [2.75, 3.05) is 0 Å². The highest BCUT2D eigenvalue weighted by molar-refractivity contribution is 5.21. The van der Waals surface area contributed by atoms with Crippen LogP contribution in [0, 0.1) is 11.6 Å². The van der Waals surface area contributed by atoms with Crippen molar-refractivity contribution in [3.8, 4) is 0 Å². The number of benzene rings is 1. The predicted octanol–water partition coefficient (Wildman–Crippen LogP) is 1.38. The molecule has 0 aliphatic heterocycles. The standard InChI is InChI=1S/C9H10F2O2/c1-5(12)9(13)7-3-2-6(10)4-8(7)11/h2-5,9,12-13H,1H3/t5-,9+/m0/s1. The molecular formula is C9H10F2O2. The molecule has 0 bridgehead atoms. The Bertz CT molecular complexity index is 300. The van der Waals surface area contributed by atoms with Crippen LogP contribution in [0.4, 0.5) is 8.78 Å². The Morgan fingerprint density at radius 1 is 1.23 bits per heavy atom. The minimum atomic E-state index is -1.32. The average molecular weight is 188 g/mol. The van der Waals surface area contributed by atoms with Crippen molar-refractivity contribution < 1.29 is 19.0 Å². The number of halogens is 2. The molecule has 0 spiro atoms. The Balaban J connectivity index is 3.01. The average Bonchev–Trinajstić information content (AvgIpc) is 2.03. The summed E-state index contributed by atoms with van der Waals surface area (Å²) in [4.78, 5) is 0. The van der Waals surface area contributed by atoms with Crippen LogP contribution in [-0.4, -0.2) is 16.3 Å². The van der Waals surface area contributed by atoms with E-state index in [0.717, 1.165) is 12.1 Å².